The summed E-state index contributed by atoms with van der Waals surface area (Å²) < 4.78 is 2.66. The molecule has 0 amide bonds. The summed E-state index contributed by atoms with van der Waals surface area (Å²) in [6.07, 6.45) is 65.1. The maximum atomic E-state index is 3.79. The van der Waals surface area contributed by atoms with E-state index in [-0.39, 0.29) is 0 Å². The number of imidazole rings is 1. The van der Waals surface area contributed by atoms with Crippen LogP contribution in [0, 0.1) is 0 Å². The number of hydrogen-bond acceptors (Lipinski definition) is 0. The van der Waals surface area contributed by atoms with Crippen molar-refractivity contribution in [3.63, 3.8) is 0 Å². The van der Waals surface area contributed by atoms with Crippen LogP contribution in [-0.2, 0) is 0 Å². The highest BCUT2D eigenvalue weighted by atomic mass is 15.1. The molecular weight excluding hydrogens is 641 g/mol. The number of H-pyrrole nitrogens is 1. The summed E-state index contributed by atoms with van der Waals surface area (Å²) in [5, 5.41) is 0. The number of aromatic nitrogens is 2. The average molecular weight is 742 g/mol. The van der Waals surface area contributed by atoms with Crippen molar-refractivity contribution in [2.75, 3.05) is 0 Å². The Bertz CT molecular complexity index is 813. The maximum absolute atomic E-state index is 3.79. The van der Waals surface area contributed by atoms with Gasteiger partial charge in [-0.1, -0.05) is 265 Å². The zero-order chi connectivity index (χ0) is 38.1. The van der Waals surface area contributed by atoms with Crippen LogP contribution in [0.4, 0.5) is 0 Å². The third-order valence-corrected chi connectivity index (χ3v) is 12.6. The molecule has 1 heterocycles. The van der Waals surface area contributed by atoms with E-state index in [0.29, 0.717) is 12.0 Å². The van der Waals surface area contributed by atoms with Crippen molar-refractivity contribution < 1.29 is 4.57 Å². The van der Waals surface area contributed by atoms with Crippen molar-refractivity contribution >= 4 is 0 Å². The van der Waals surface area contributed by atoms with Gasteiger partial charge in [-0.3, -0.25) is 0 Å². The maximum Gasteiger partial charge on any atom is 0.257 e. The predicted molar refractivity (Wildman–Crippen MR) is 239 cm³/mol. The number of nitrogens with zero attached hydrogens (tertiary/aromatic N) is 1. The van der Waals surface area contributed by atoms with Gasteiger partial charge in [0.25, 0.3) is 5.82 Å². The molecule has 2 nitrogen and oxygen atoms in total. The molecular formula is C51H101N2+. The van der Waals surface area contributed by atoms with E-state index in [9.17, 15) is 0 Å². The molecule has 0 saturated carbocycles. The normalized spacial score (nSPS) is 12.9. The average Bonchev–Trinajstić information content (AvgIpc) is 3.66. The minimum absolute atomic E-state index is 0.616. The van der Waals surface area contributed by atoms with Crippen LogP contribution >= 0.6 is 0 Å². The van der Waals surface area contributed by atoms with Gasteiger partial charge in [-0.05, 0) is 32.6 Å². The third-order valence-electron chi connectivity index (χ3n) is 12.6. The van der Waals surface area contributed by atoms with E-state index >= 15 is 0 Å². The first-order valence-electron chi connectivity index (χ1n) is 25.3. The fraction of sp³-hybridized carbons (Fsp3) is 0.941. The topological polar surface area (TPSA) is 19.7 Å². The Kier molecular flexibility index (Phi) is 38.7. The van der Waals surface area contributed by atoms with Gasteiger partial charge in [0.2, 0.25) is 0 Å². The molecule has 1 aromatic heterocycles. The van der Waals surface area contributed by atoms with E-state index in [4.69, 9.17) is 0 Å². The fourth-order valence-corrected chi connectivity index (χ4v) is 8.90. The Morgan fingerprint density at radius 1 is 0.358 bits per heavy atom. The highest BCUT2D eigenvalue weighted by Crippen LogP contribution is 2.28. The molecule has 0 aliphatic carbocycles. The molecule has 1 aromatic rings. The summed E-state index contributed by atoms with van der Waals surface area (Å²) in [5.41, 5.74) is 0. The summed E-state index contributed by atoms with van der Waals surface area (Å²) in [5.74, 6) is 2.25. The number of rotatable bonds is 44. The predicted octanol–water partition coefficient (Wildman–Crippen LogP) is 18.4. The molecule has 0 saturated heterocycles. The molecule has 1 rings (SSSR count). The number of hydrogen-bond donors (Lipinski definition) is 1. The van der Waals surface area contributed by atoms with Gasteiger partial charge in [-0.25, -0.2) is 9.55 Å². The molecule has 0 aromatic carbocycles. The SMILES string of the molecule is CCCCCCCCCCCCCCCCCCC(CCCCCCCCCCCCCCCCC)c1[nH]cc[n+]1C(C)CCCCCCCCCC. The fourth-order valence-electron chi connectivity index (χ4n) is 8.90. The lowest BCUT2D eigenvalue weighted by atomic mass is 9.92. The van der Waals surface area contributed by atoms with Crippen LogP contribution in [-0.4, -0.2) is 4.98 Å². The van der Waals surface area contributed by atoms with Gasteiger partial charge in [0.15, 0.2) is 0 Å². The first-order chi connectivity index (χ1) is 26.2. The zero-order valence-electron chi connectivity index (χ0n) is 37.5. The van der Waals surface area contributed by atoms with Crippen molar-refractivity contribution in [1.82, 2.24) is 4.98 Å². The second-order valence-corrected chi connectivity index (χ2v) is 17.9. The summed E-state index contributed by atoms with van der Waals surface area (Å²) >= 11 is 0. The number of nitrogens with one attached hydrogen (secondary N) is 1. The molecule has 1 N–H and O–H groups in total. The lowest BCUT2D eigenvalue weighted by Gasteiger charge is -2.17. The van der Waals surface area contributed by atoms with Crippen LogP contribution in [0.3, 0.4) is 0 Å². The van der Waals surface area contributed by atoms with Gasteiger partial charge in [0.05, 0.1) is 12.0 Å². The first-order valence-corrected chi connectivity index (χ1v) is 25.3. The largest absolute Gasteiger partial charge is 0.257 e. The first kappa shape index (κ1) is 50.2. The lowest BCUT2D eigenvalue weighted by Crippen LogP contribution is -2.41. The van der Waals surface area contributed by atoms with E-state index in [1.54, 1.807) is 5.82 Å². The van der Waals surface area contributed by atoms with Crippen LogP contribution in [0.25, 0.3) is 0 Å². The second kappa shape index (κ2) is 40.9. The van der Waals surface area contributed by atoms with Gasteiger partial charge in [0.1, 0.15) is 12.4 Å². The molecule has 2 atom stereocenters. The van der Waals surface area contributed by atoms with Gasteiger partial charge < -0.3 is 0 Å². The van der Waals surface area contributed by atoms with Crippen LogP contribution in [0.5, 0.6) is 0 Å². The Hall–Kier alpha value is -0.790. The second-order valence-electron chi connectivity index (χ2n) is 17.9. The van der Waals surface area contributed by atoms with Crippen LogP contribution in [0.2, 0.25) is 0 Å². The van der Waals surface area contributed by atoms with Crippen molar-refractivity contribution in [3.05, 3.63) is 18.2 Å². The Morgan fingerprint density at radius 3 is 0.887 bits per heavy atom. The Morgan fingerprint density at radius 2 is 0.604 bits per heavy atom. The highest BCUT2D eigenvalue weighted by Gasteiger charge is 2.25. The minimum Gasteiger partial charge on any atom is -0.247 e. The van der Waals surface area contributed by atoms with Crippen molar-refractivity contribution in [2.45, 2.75) is 309 Å². The lowest BCUT2D eigenvalue weighted by molar-refractivity contribution is -0.727. The summed E-state index contributed by atoms with van der Waals surface area (Å²) in [4.78, 5) is 3.79. The molecule has 53 heavy (non-hydrogen) atoms. The van der Waals surface area contributed by atoms with E-state index in [0.717, 1.165) is 0 Å². The number of unbranched alkanes of at least 4 members (excludes halogenated alkanes) is 36. The highest BCUT2D eigenvalue weighted by molar-refractivity contribution is 4.90. The van der Waals surface area contributed by atoms with Gasteiger partial charge in [0, 0.05) is 0 Å². The van der Waals surface area contributed by atoms with Gasteiger partial charge in [-0.2, -0.15) is 0 Å². The summed E-state index contributed by atoms with van der Waals surface area (Å²) in [7, 11) is 0. The van der Waals surface area contributed by atoms with Gasteiger partial charge in [-0.15, -0.1) is 0 Å². The van der Waals surface area contributed by atoms with Crippen molar-refractivity contribution in [3.8, 4) is 0 Å². The van der Waals surface area contributed by atoms with Crippen LogP contribution in [0.1, 0.15) is 315 Å². The summed E-state index contributed by atoms with van der Waals surface area (Å²) in [6, 6.07) is 0.616. The minimum atomic E-state index is 0.616. The van der Waals surface area contributed by atoms with E-state index in [1.165, 1.54) is 270 Å². The molecule has 0 spiro atoms. The molecule has 0 aliphatic rings. The molecule has 314 valence electrons. The van der Waals surface area contributed by atoms with E-state index < -0.39 is 0 Å². The van der Waals surface area contributed by atoms with Gasteiger partial charge >= 0.3 is 0 Å². The van der Waals surface area contributed by atoms with E-state index in [2.05, 4.69) is 49.6 Å². The monoisotopic (exact) mass is 742 g/mol. The molecule has 2 unspecified atom stereocenters. The quantitative estimate of drug-likeness (QED) is 0.0507. The molecule has 2 heteroatoms. The molecule has 0 aliphatic heterocycles. The van der Waals surface area contributed by atoms with Crippen LogP contribution in [0.15, 0.2) is 12.4 Å². The third kappa shape index (κ3) is 32.0. The Balaban J connectivity index is 2.33. The zero-order valence-corrected chi connectivity index (χ0v) is 37.5. The smallest absolute Gasteiger partial charge is 0.247 e. The van der Waals surface area contributed by atoms with Crippen molar-refractivity contribution in [2.24, 2.45) is 0 Å². The molecule has 0 bridgehead atoms. The van der Waals surface area contributed by atoms with Crippen LogP contribution < -0.4 is 4.57 Å². The summed E-state index contributed by atoms with van der Waals surface area (Å²) in [6.45, 7) is 9.44. The number of aromatic amines is 1. The van der Waals surface area contributed by atoms with Crippen molar-refractivity contribution in [1.29, 1.82) is 0 Å². The standard InChI is InChI=1S/C51H100N2/c1-5-8-11-14-17-20-22-24-26-28-30-32-34-37-40-43-46-50(45-42-39-36-33-31-29-27-25-23-21-18-15-12-9-6-2)51-52-47-48-53(51)49(4)44-41-38-35-19-16-13-10-7-3/h47-50H,5-46H2,1-4H3/p+1. The molecule has 0 radical (unpaired) electrons. The molecule has 0 fully saturated rings. The Labute approximate surface area is 336 Å². The van der Waals surface area contributed by atoms with E-state index in [1.807, 2.05) is 0 Å².